The molecule has 2 saturated heterocycles. The van der Waals surface area contributed by atoms with Gasteiger partial charge in [-0.15, -0.1) is 0 Å². The Hall–Kier alpha value is -1.02. The van der Waals surface area contributed by atoms with E-state index in [1.54, 1.807) is 0 Å². The monoisotopic (exact) mass is 272 g/mol. The fourth-order valence-corrected chi connectivity index (χ4v) is 3.58. The molecule has 2 heterocycles. The van der Waals surface area contributed by atoms with Gasteiger partial charge in [0.1, 0.15) is 0 Å². The summed E-state index contributed by atoms with van der Waals surface area (Å²) in [6.45, 7) is 11.0. The molecule has 2 aliphatic rings. The molecule has 0 aromatic heterocycles. The first-order valence-corrected chi connectivity index (χ1v) is 8.24. The SMILES string of the molecule is Cc1ccc(N2CCC(CN3CCC(C)CC3)C2)cc1. The molecule has 1 atom stereocenters. The zero-order valence-corrected chi connectivity index (χ0v) is 13.0. The second-order valence-electron chi connectivity index (χ2n) is 6.92. The van der Waals surface area contributed by atoms with E-state index in [-0.39, 0.29) is 0 Å². The summed E-state index contributed by atoms with van der Waals surface area (Å²) in [4.78, 5) is 5.26. The third-order valence-corrected chi connectivity index (χ3v) is 5.08. The van der Waals surface area contributed by atoms with Crippen LogP contribution in [0.4, 0.5) is 5.69 Å². The standard InChI is InChI=1S/C18H28N2/c1-15-3-5-18(6-4-15)20-12-9-17(14-20)13-19-10-7-16(2)8-11-19/h3-6,16-17H,7-14H2,1-2H3. The Kier molecular flexibility index (Phi) is 4.30. The second kappa shape index (κ2) is 6.17. The minimum absolute atomic E-state index is 0.865. The lowest BCUT2D eigenvalue weighted by Gasteiger charge is -2.32. The summed E-state index contributed by atoms with van der Waals surface area (Å²) in [5, 5.41) is 0. The van der Waals surface area contributed by atoms with E-state index in [2.05, 4.69) is 47.9 Å². The summed E-state index contributed by atoms with van der Waals surface area (Å²) in [6.07, 6.45) is 4.16. The van der Waals surface area contributed by atoms with Gasteiger partial charge in [-0.25, -0.2) is 0 Å². The number of hydrogen-bond acceptors (Lipinski definition) is 2. The van der Waals surface area contributed by atoms with Crippen molar-refractivity contribution in [1.82, 2.24) is 4.90 Å². The molecule has 2 aliphatic heterocycles. The molecule has 0 radical (unpaired) electrons. The summed E-state index contributed by atoms with van der Waals surface area (Å²) in [5.41, 5.74) is 2.76. The van der Waals surface area contributed by atoms with Crippen molar-refractivity contribution >= 4 is 5.69 Å². The van der Waals surface area contributed by atoms with Gasteiger partial charge < -0.3 is 9.80 Å². The van der Waals surface area contributed by atoms with Gasteiger partial charge in [0, 0.05) is 25.3 Å². The first-order chi connectivity index (χ1) is 9.70. The minimum atomic E-state index is 0.865. The van der Waals surface area contributed by atoms with Crippen LogP contribution in [0.5, 0.6) is 0 Å². The maximum atomic E-state index is 2.70. The van der Waals surface area contributed by atoms with Crippen LogP contribution in [-0.4, -0.2) is 37.6 Å². The van der Waals surface area contributed by atoms with Crippen molar-refractivity contribution in [3.8, 4) is 0 Å². The molecule has 0 aliphatic carbocycles. The van der Waals surface area contributed by atoms with Crippen molar-refractivity contribution in [2.24, 2.45) is 11.8 Å². The molecular formula is C18H28N2. The zero-order valence-electron chi connectivity index (χ0n) is 13.0. The predicted molar refractivity (Wildman–Crippen MR) is 86.3 cm³/mol. The van der Waals surface area contributed by atoms with Crippen molar-refractivity contribution in [1.29, 1.82) is 0 Å². The van der Waals surface area contributed by atoms with Gasteiger partial charge in [-0.1, -0.05) is 24.6 Å². The Labute approximate surface area is 123 Å². The Morgan fingerprint density at radius 3 is 2.40 bits per heavy atom. The van der Waals surface area contributed by atoms with Crippen LogP contribution in [0.25, 0.3) is 0 Å². The smallest absolute Gasteiger partial charge is 0.0366 e. The van der Waals surface area contributed by atoms with E-state index >= 15 is 0 Å². The fourth-order valence-electron chi connectivity index (χ4n) is 3.58. The van der Waals surface area contributed by atoms with Crippen molar-refractivity contribution in [3.63, 3.8) is 0 Å². The number of rotatable bonds is 3. The van der Waals surface area contributed by atoms with Crippen LogP contribution in [0.15, 0.2) is 24.3 Å². The highest BCUT2D eigenvalue weighted by molar-refractivity contribution is 5.48. The molecule has 1 aromatic rings. The highest BCUT2D eigenvalue weighted by Gasteiger charge is 2.26. The first kappa shape index (κ1) is 13.9. The van der Waals surface area contributed by atoms with Gasteiger partial charge in [0.2, 0.25) is 0 Å². The summed E-state index contributed by atoms with van der Waals surface area (Å²) in [6, 6.07) is 9.02. The maximum Gasteiger partial charge on any atom is 0.0366 e. The maximum absolute atomic E-state index is 2.70. The third kappa shape index (κ3) is 3.35. The summed E-state index contributed by atoms with van der Waals surface area (Å²) >= 11 is 0. The van der Waals surface area contributed by atoms with Gasteiger partial charge in [-0.2, -0.15) is 0 Å². The number of piperidine rings is 1. The summed E-state index contributed by atoms with van der Waals surface area (Å²) in [5.74, 6) is 1.81. The van der Waals surface area contributed by atoms with E-state index in [4.69, 9.17) is 0 Å². The third-order valence-electron chi connectivity index (χ3n) is 5.08. The molecule has 0 spiro atoms. The molecule has 0 amide bonds. The molecule has 1 unspecified atom stereocenters. The van der Waals surface area contributed by atoms with Gasteiger partial charge in [0.25, 0.3) is 0 Å². The van der Waals surface area contributed by atoms with Crippen LogP contribution < -0.4 is 4.90 Å². The number of hydrogen-bond donors (Lipinski definition) is 0. The van der Waals surface area contributed by atoms with Gasteiger partial charge >= 0.3 is 0 Å². The first-order valence-electron chi connectivity index (χ1n) is 8.24. The van der Waals surface area contributed by atoms with Gasteiger partial charge in [0.15, 0.2) is 0 Å². The van der Waals surface area contributed by atoms with E-state index in [1.807, 2.05) is 0 Å². The van der Waals surface area contributed by atoms with Crippen molar-refractivity contribution in [2.45, 2.75) is 33.1 Å². The molecule has 0 saturated carbocycles. The summed E-state index contributed by atoms with van der Waals surface area (Å²) < 4.78 is 0. The Bertz CT molecular complexity index is 418. The lowest BCUT2D eigenvalue weighted by Crippen LogP contribution is -2.37. The van der Waals surface area contributed by atoms with E-state index in [9.17, 15) is 0 Å². The normalized spacial score (nSPS) is 25.3. The molecule has 2 heteroatoms. The Morgan fingerprint density at radius 1 is 1.00 bits per heavy atom. The van der Waals surface area contributed by atoms with Crippen molar-refractivity contribution in [3.05, 3.63) is 29.8 Å². The average Bonchev–Trinajstić information content (AvgIpc) is 2.91. The number of anilines is 1. The van der Waals surface area contributed by atoms with Crippen LogP contribution in [0.3, 0.4) is 0 Å². The quantitative estimate of drug-likeness (QED) is 0.830. The number of likely N-dealkylation sites (tertiary alicyclic amines) is 1. The number of benzene rings is 1. The molecule has 1 aromatic carbocycles. The van der Waals surface area contributed by atoms with Gasteiger partial charge in [-0.3, -0.25) is 0 Å². The highest BCUT2D eigenvalue weighted by atomic mass is 15.2. The molecule has 0 bridgehead atoms. The van der Waals surface area contributed by atoms with E-state index in [1.165, 1.54) is 63.2 Å². The Morgan fingerprint density at radius 2 is 1.70 bits per heavy atom. The van der Waals surface area contributed by atoms with Gasteiger partial charge in [-0.05, 0) is 63.2 Å². The average molecular weight is 272 g/mol. The predicted octanol–water partition coefficient (Wildman–Crippen LogP) is 3.55. The molecule has 3 rings (SSSR count). The molecule has 2 fully saturated rings. The van der Waals surface area contributed by atoms with Crippen molar-refractivity contribution < 1.29 is 0 Å². The molecule has 20 heavy (non-hydrogen) atoms. The lowest BCUT2D eigenvalue weighted by atomic mass is 9.98. The zero-order chi connectivity index (χ0) is 13.9. The number of aryl methyl sites for hydroxylation is 1. The second-order valence-corrected chi connectivity index (χ2v) is 6.92. The van der Waals surface area contributed by atoms with Crippen LogP contribution in [-0.2, 0) is 0 Å². The van der Waals surface area contributed by atoms with E-state index in [0.717, 1.165) is 11.8 Å². The van der Waals surface area contributed by atoms with Crippen LogP contribution in [0, 0.1) is 18.8 Å². The Balaban J connectivity index is 1.50. The van der Waals surface area contributed by atoms with Crippen molar-refractivity contribution in [2.75, 3.05) is 37.6 Å². The highest BCUT2D eigenvalue weighted by Crippen LogP contribution is 2.26. The topological polar surface area (TPSA) is 6.48 Å². The van der Waals surface area contributed by atoms with E-state index in [0.29, 0.717) is 0 Å². The molecule has 2 nitrogen and oxygen atoms in total. The molecular weight excluding hydrogens is 244 g/mol. The largest absolute Gasteiger partial charge is 0.371 e. The summed E-state index contributed by atoms with van der Waals surface area (Å²) in [7, 11) is 0. The molecule has 0 N–H and O–H groups in total. The minimum Gasteiger partial charge on any atom is -0.371 e. The van der Waals surface area contributed by atoms with E-state index < -0.39 is 0 Å². The van der Waals surface area contributed by atoms with Crippen LogP contribution in [0.2, 0.25) is 0 Å². The van der Waals surface area contributed by atoms with Crippen LogP contribution in [0.1, 0.15) is 31.7 Å². The fraction of sp³-hybridized carbons (Fsp3) is 0.667. The lowest BCUT2D eigenvalue weighted by molar-refractivity contribution is 0.171. The number of nitrogens with zero attached hydrogens (tertiary/aromatic N) is 2. The molecule has 110 valence electrons. The van der Waals surface area contributed by atoms with Crippen LogP contribution >= 0.6 is 0 Å². The van der Waals surface area contributed by atoms with Gasteiger partial charge in [0.05, 0.1) is 0 Å².